The molecule has 2 N–H and O–H groups in total. The molecule has 150 valence electrons. The Morgan fingerprint density at radius 2 is 1.93 bits per heavy atom. The Hall–Kier alpha value is -2.71. The first kappa shape index (κ1) is 21.0. The lowest BCUT2D eigenvalue weighted by Gasteiger charge is -2.09. The van der Waals surface area contributed by atoms with E-state index in [0.717, 1.165) is 32.0 Å². The Kier molecular flexibility index (Phi) is 7.00. The van der Waals surface area contributed by atoms with Crippen LogP contribution in [0.3, 0.4) is 0 Å². The van der Waals surface area contributed by atoms with Crippen LogP contribution in [0.15, 0.2) is 52.3 Å². The van der Waals surface area contributed by atoms with Crippen molar-refractivity contribution in [1.29, 1.82) is 0 Å². The lowest BCUT2D eigenvalue weighted by molar-refractivity contribution is -0.116. The standard InChI is InChI=1S/C21H20BrN3O3S/c1-13-3-6-15(22)11-17(13)24-19(26)9-10-23-20(27)18-12-29-21(25-18)14-4-7-16(28-2)8-5-14/h3-8,11-12H,9-10H2,1-2H3,(H,23,27)(H,24,26). The van der Waals surface area contributed by atoms with E-state index in [0.29, 0.717) is 5.69 Å². The van der Waals surface area contributed by atoms with Crippen LogP contribution in [-0.4, -0.2) is 30.5 Å². The molecule has 2 amide bonds. The quantitative estimate of drug-likeness (QED) is 0.523. The molecule has 0 unspecified atom stereocenters. The summed E-state index contributed by atoms with van der Waals surface area (Å²) in [6, 6.07) is 13.2. The third-order valence-electron chi connectivity index (χ3n) is 4.19. The molecule has 1 aromatic heterocycles. The summed E-state index contributed by atoms with van der Waals surface area (Å²) in [5.41, 5.74) is 2.97. The number of halogens is 1. The summed E-state index contributed by atoms with van der Waals surface area (Å²) in [6.07, 6.45) is 0.174. The predicted molar refractivity (Wildman–Crippen MR) is 119 cm³/mol. The maximum Gasteiger partial charge on any atom is 0.270 e. The molecule has 0 aliphatic heterocycles. The van der Waals surface area contributed by atoms with Crippen molar-refractivity contribution in [3.63, 3.8) is 0 Å². The third-order valence-corrected chi connectivity index (χ3v) is 5.57. The molecule has 0 radical (unpaired) electrons. The molecule has 0 fully saturated rings. The van der Waals surface area contributed by atoms with Crippen molar-refractivity contribution in [3.8, 4) is 16.3 Å². The topological polar surface area (TPSA) is 80.3 Å². The number of carbonyl (C=O) groups excluding carboxylic acids is 2. The highest BCUT2D eigenvalue weighted by Crippen LogP contribution is 2.25. The summed E-state index contributed by atoms with van der Waals surface area (Å²) < 4.78 is 6.04. The van der Waals surface area contributed by atoms with Crippen molar-refractivity contribution in [2.45, 2.75) is 13.3 Å². The van der Waals surface area contributed by atoms with Gasteiger partial charge in [-0.2, -0.15) is 0 Å². The second kappa shape index (κ2) is 9.67. The van der Waals surface area contributed by atoms with Crippen LogP contribution in [0.25, 0.3) is 10.6 Å². The molecule has 1 heterocycles. The first-order valence-corrected chi connectivity index (χ1v) is 10.6. The minimum absolute atomic E-state index is 0.163. The summed E-state index contributed by atoms with van der Waals surface area (Å²) in [4.78, 5) is 28.8. The zero-order chi connectivity index (χ0) is 20.8. The van der Waals surface area contributed by atoms with E-state index in [1.165, 1.54) is 11.3 Å². The molecule has 6 nitrogen and oxygen atoms in total. The number of hydrogen-bond acceptors (Lipinski definition) is 5. The van der Waals surface area contributed by atoms with Crippen LogP contribution in [0.1, 0.15) is 22.5 Å². The van der Waals surface area contributed by atoms with Gasteiger partial charge in [0.25, 0.3) is 5.91 Å². The number of aryl methyl sites for hydroxylation is 1. The molecule has 0 saturated heterocycles. The average Bonchev–Trinajstić information content (AvgIpc) is 3.21. The van der Waals surface area contributed by atoms with Gasteiger partial charge >= 0.3 is 0 Å². The second-order valence-electron chi connectivity index (χ2n) is 6.28. The Bertz CT molecular complexity index is 1020. The molecule has 3 rings (SSSR count). The smallest absolute Gasteiger partial charge is 0.270 e. The van der Waals surface area contributed by atoms with E-state index in [-0.39, 0.29) is 24.8 Å². The Morgan fingerprint density at radius 3 is 2.66 bits per heavy atom. The highest BCUT2D eigenvalue weighted by molar-refractivity contribution is 9.10. The summed E-state index contributed by atoms with van der Waals surface area (Å²) >= 11 is 4.78. The number of benzene rings is 2. The monoisotopic (exact) mass is 473 g/mol. The number of thiazole rings is 1. The second-order valence-corrected chi connectivity index (χ2v) is 8.05. The fraction of sp³-hybridized carbons (Fsp3) is 0.190. The van der Waals surface area contributed by atoms with Crippen molar-refractivity contribution in [1.82, 2.24) is 10.3 Å². The highest BCUT2D eigenvalue weighted by Gasteiger charge is 2.13. The van der Waals surface area contributed by atoms with Crippen LogP contribution in [0.5, 0.6) is 5.75 Å². The van der Waals surface area contributed by atoms with Gasteiger partial charge < -0.3 is 15.4 Å². The Balaban J connectivity index is 1.51. The average molecular weight is 474 g/mol. The van der Waals surface area contributed by atoms with Gasteiger partial charge in [-0.25, -0.2) is 4.98 Å². The van der Waals surface area contributed by atoms with E-state index in [4.69, 9.17) is 4.74 Å². The first-order valence-electron chi connectivity index (χ1n) is 8.90. The van der Waals surface area contributed by atoms with Gasteiger partial charge in [0.05, 0.1) is 7.11 Å². The molecular weight excluding hydrogens is 454 g/mol. The normalized spacial score (nSPS) is 10.4. The van der Waals surface area contributed by atoms with Crippen molar-refractivity contribution in [3.05, 3.63) is 63.6 Å². The molecular formula is C21H20BrN3O3S. The van der Waals surface area contributed by atoms with Gasteiger partial charge in [-0.15, -0.1) is 11.3 Å². The summed E-state index contributed by atoms with van der Waals surface area (Å²) in [7, 11) is 1.61. The van der Waals surface area contributed by atoms with Crippen LogP contribution in [0.2, 0.25) is 0 Å². The third kappa shape index (κ3) is 5.65. The maximum absolute atomic E-state index is 12.3. The molecule has 2 aromatic carbocycles. The fourth-order valence-corrected chi connectivity index (χ4v) is 3.73. The number of methoxy groups -OCH3 is 1. The van der Waals surface area contributed by atoms with Crippen LogP contribution >= 0.6 is 27.3 Å². The Labute approximate surface area is 181 Å². The van der Waals surface area contributed by atoms with Crippen LogP contribution in [0.4, 0.5) is 5.69 Å². The number of aromatic nitrogens is 1. The van der Waals surface area contributed by atoms with Crippen molar-refractivity contribution in [2.24, 2.45) is 0 Å². The Morgan fingerprint density at radius 1 is 1.17 bits per heavy atom. The number of hydrogen-bond donors (Lipinski definition) is 2. The van der Waals surface area contributed by atoms with Gasteiger partial charge in [0, 0.05) is 34.1 Å². The number of rotatable bonds is 7. The number of anilines is 1. The molecule has 0 atom stereocenters. The summed E-state index contributed by atoms with van der Waals surface area (Å²) in [6.45, 7) is 2.15. The van der Waals surface area contributed by atoms with Crippen LogP contribution in [0, 0.1) is 6.92 Å². The van der Waals surface area contributed by atoms with Gasteiger partial charge in [0.15, 0.2) is 0 Å². The van der Waals surface area contributed by atoms with Gasteiger partial charge in [-0.05, 0) is 48.9 Å². The fourth-order valence-electron chi connectivity index (χ4n) is 2.57. The van der Waals surface area contributed by atoms with Gasteiger partial charge in [0.1, 0.15) is 16.5 Å². The number of amides is 2. The number of ether oxygens (including phenoxy) is 1. The molecule has 3 aromatic rings. The minimum atomic E-state index is -0.299. The lowest BCUT2D eigenvalue weighted by Crippen LogP contribution is -2.28. The zero-order valence-corrected chi connectivity index (χ0v) is 18.4. The molecule has 0 aliphatic carbocycles. The first-order chi connectivity index (χ1) is 14.0. The van der Waals surface area contributed by atoms with E-state index in [2.05, 4.69) is 31.5 Å². The molecule has 0 bridgehead atoms. The molecule has 0 saturated carbocycles. The van der Waals surface area contributed by atoms with Crippen molar-refractivity contribution in [2.75, 3.05) is 19.0 Å². The molecule has 8 heteroatoms. The van der Waals surface area contributed by atoms with Gasteiger partial charge in [0.2, 0.25) is 5.91 Å². The van der Waals surface area contributed by atoms with E-state index in [1.807, 2.05) is 49.4 Å². The SMILES string of the molecule is COc1ccc(-c2nc(C(=O)NCCC(=O)Nc3cc(Br)ccc3C)cs2)cc1. The molecule has 0 aliphatic rings. The minimum Gasteiger partial charge on any atom is -0.497 e. The van der Waals surface area contributed by atoms with Crippen molar-refractivity contribution >= 4 is 44.8 Å². The molecule has 0 spiro atoms. The predicted octanol–water partition coefficient (Wildman–Crippen LogP) is 4.65. The van der Waals surface area contributed by atoms with E-state index >= 15 is 0 Å². The van der Waals surface area contributed by atoms with E-state index in [1.54, 1.807) is 12.5 Å². The van der Waals surface area contributed by atoms with Gasteiger partial charge in [-0.3, -0.25) is 9.59 Å². The van der Waals surface area contributed by atoms with Crippen LogP contribution < -0.4 is 15.4 Å². The van der Waals surface area contributed by atoms with Gasteiger partial charge in [-0.1, -0.05) is 22.0 Å². The largest absolute Gasteiger partial charge is 0.497 e. The molecule has 29 heavy (non-hydrogen) atoms. The zero-order valence-electron chi connectivity index (χ0n) is 16.0. The maximum atomic E-state index is 12.3. The summed E-state index contributed by atoms with van der Waals surface area (Å²) in [5, 5.41) is 8.05. The number of nitrogens with zero attached hydrogens (tertiary/aromatic N) is 1. The van der Waals surface area contributed by atoms with Crippen molar-refractivity contribution < 1.29 is 14.3 Å². The lowest BCUT2D eigenvalue weighted by atomic mass is 10.2. The van der Waals surface area contributed by atoms with E-state index < -0.39 is 0 Å². The summed E-state index contributed by atoms with van der Waals surface area (Å²) in [5.74, 6) is 0.302. The van der Waals surface area contributed by atoms with Crippen LogP contribution in [-0.2, 0) is 4.79 Å². The van der Waals surface area contributed by atoms with E-state index in [9.17, 15) is 9.59 Å². The number of carbonyl (C=O) groups is 2. The highest BCUT2D eigenvalue weighted by atomic mass is 79.9. The number of nitrogens with one attached hydrogen (secondary N) is 2.